The molecule has 0 spiro atoms. The number of methoxy groups -OCH3 is 1. The fourth-order valence-corrected chi connectivity index (χ4v) is 3.98. The Bertz CT molecular complexity index is 1270. The summed E-state index contributed by atoms with van der Waals surface area (Å²) in [5.41, 5.74) is 5.01. The van der Waals surface area contributed by atoms with Crippen molar-refractivity contribution < 1.29 is 14.3 Å². The van der Waals surface area contributed by atoms with Crippen LogP contribution in [0.2, 0.25) is 0 Å². The van der Waals surface area contributed by atoms with E-state index in [2.05, 4.69) is 44.5 Å². The summed E-state index contributed by atoms with van der Waals surface area (Å²) in [5.74, 6) is -0.406. The first-order valence-corrected chi connectivity index (χ1v) is 10.3. The number of hydrogen-bond acceptors (Lipinski definition) is 6. The third kappa shape index (κ3) is 3.86. The topological polar surface area (TPSA) is 85.6 Å². The number of anilines is 1. The number of pyridine rings is 1. The number of amides is 1. The molecule has 2 aromatic carbocycles. The van der Waals surface area contributed by atoms with E-state index in [1.165, 1.54) is 18.9 Å². The first kappa shape index (κ1) is 19.9. The molecule has 2 heterocycles. The molecule has 152 valence electrons. The molecule has 0 radical (unpaired) electrons. The van der Waals surface area contributed by atoms with Crippen molar-refractivity contribution in [3.63, 3.8) is 0 Å². The van der Waals surface area contributed by atoms with Crippen LogP contribution in [0.3, 0.4) is 0 Å². The molecular weight excluding hydrogens is 400 g/mol. The largest absolute Gasteiger partial charge is 0.465 e. The van der Waals surface area contributed by atoms with E-state index < -0.39 is 5.97 Å². The molecule has 2 aromatic heterocycles. The second-order valence-corrected chi connectivity index (χ2v) is 7.88. The van der Waals surface area contributed by atoms with Crippen molar-refractivity contribution >= 4 is 45.9 Å². The molecule has 0 aliphatic carbocycles. The van der Waals surface area contributed by atoms with Crippen LogP contribution >= 0.6 is 11.8 Å². The minimum absolute atomic E-state index is 0.171. The Morgan fingerprint density at radius 3 is 2.57 bits per heavy atom. The van der Waals surface area contributed by atoms with Crippen LogP contribution in [0.4, 0.5) is 5.69 Å². The number of esters is 1. The molecule has 0 unspecified atom stereocenters. The molecule has 0 bridgehead atoms. The quantitative estimate of drug-likeness (QED) is 0.388. The van der Waals surface area contributed by atoms with Crippen molar-refractivity contribution in [3.8, 4) is 0 Å². The van der Waals surface area contributed by atoms with Gasteiger partial charge in [0.1, 0.15) is 0 Å². The molecule has 0 saturated heterocycles. The molecule has 1 N–H and O–H groups in total. The van der Waals surface area contributed by atoms with Crippen molar-refractivity contribution in [2.24, 2.45) is 0 Å². The van der Waals surface area contributed by atoms with Gasteiger partial charge in [0, 0.05) is 5.69 Å². The molecule has 7 nitrogen and oxygen atoms in total. The van der Waals surface area contributed by atoms with Crippen LogP contribution in [0.1, 0.15) is 21.5 Å². The minimum atomic E-state index is -0.417. The first-order chi connectivity index (χ1) is 14.5. The minimum Gasteiger partial charge on any atom is -0.465 e. The number of aromatic nitrogens is 3. The van der Waals surface area contributed by atoms with E-state index in [1.807, 2.05) is 18.2 Å². The van der Waals surface area contributed by atoms with E-state index in [0.29, 0.717) is 16.4 Å². The third-order valence-corrected chi connectivity index (χ3v) is 5.64. The van der Waals surface area contributed by atoms with Gasteiger partial charge in [0.15, 0.2) is 10.8 Å². The fraction of sp³-hybridized carbons (Fsp3) is 0.182. The molecule has 4 rings (SSSR count). The molecule has 0 aliphatic heterocycles. The number of carbonyl (C=O) groups is 2. The van der Waals surface area contributed by atoms with Gasteiger partial charge in [-0.05, 0) is 66.8 Å². The summed E-state index contributed by atoms with van der Waals surface area (Å²) in [5, 5.41) is 13.2. The Morgan fingerprint density at radius 2 is 1.83 bits per heavy atom. The number of benzene rings is 2. The summed E-state index contributed by atoms with van der Waals surface area (Å²) in [6.07, 6.45) is 0. The Morgan fingerprint density at radius 1 is 1.07 bits per heavy atom. The smallest absolute Gasteiger partial charge is 0.337 e. The van der Waals surface area contributed by atoms with Crippen LogP contribution in [-0.2, 0) is 9.53 Å². The summed E-state index contributed by atoms with van der Waals surface area (Å²) >= 11 is 1.33. The normalized spacial score (nSPS) is 11.0. The van der Waals surface area contributed by atoms with Crippen LogP contribution in [0.25, 0.3) is 16.6 Å². The summed E-state index contributed by atoms with van der Waals surface area (Å²) in [4.78, 5) is 23.9. The molecular formula is C22H20N4O3S. The van der Waals surface area contributed by atoms with Crippen LogP contribution in [0.5, 0.6) is 0 Å². The van der Waals surface area contributed by atoms with E-state index in [1.54, 1.807) is 24.3 Å². The number of hydrogen-bond donors (Lipinski definition) is 1. The van der Waals surface area contributed by atoms with Gasteiger partial charge in [0.05, 0.1) is 23.9 Å². The number of nitrogens with zero attached hydrogens (tertiary/aromatic N) is 3. The van der Waals surface area contributed by atoms with Crippen molar-refractivity contribution in [3.05, 3.63) is 65.2 Å². The maximum atomic E-state index is 12.4. The Kier molecular flexibility index (Phi) is 5.41. The zero-order valence-electron chi connectivity index (χ0n) is 16.8. The van der Waals surface area contributed by atoms with Gasteiger partial charge in [0.25, 0.3) is 0 Å². The zero-order chi connectivity index (χ0) is 21.3. The summed E-state index contributed by atoms with van der Waals surface area (Å²) < 4.78 is 6.67. The number of rotatable bonds is 5. The molecule has 4 aromatic rings. The number of aryl methyl sites for hydroxylation is 2. The molecule has 0 fully saturated rings. The van der Waals surface area contributed by atoms with Crippen molar-refractivity contribution in [2.75, 3.05) is 18.2 Å². The lowest BCUT2D eigenvalue weighted by molar-refractivity contribution is -0.113. The van der Waals surface area contributed by atoms with Gasteiger partial charge in [-0.25, -0.2) is 4.79 Å². The standard InChI is InChI=1S/C22H20N4O3S/c1-13-4-5-16-11-14(2)20-24-25-22(26(20)18(16)10-13)30-12-19(27)23-17-8-6-15(7-9-17)21(28)29-3/h4-11H,12H2,1-3H3,(H,23,27). The Labute approximate surface area is 177 Å². The molecule has 0 saturated carbocycles. The van der Waals surface area contributed by atoms with Gasteiger partial charge in [-0.1, -0.05) is 23.9 Å². The van der Waals surface area contributed by atoms with Gasteiger partial charge in [0.2, 0.25) is 5.91 Å². The molecule has 0 aliphatic rings. The number of thioether (sulfide) groups is 1. The monoisotopic (exact) mass is 420 g/mol. The summed E-state index contributed by atoms with van der Waals surface area (Å²) in [7, 11) is 1.33. The Hall–Kier alpha value is -3.39. The Balaban J connectivity index is 1.52. The lowest BCUT2D eigenvalue weighted by Gasteiger charge is -2.08. The van der Waals surface area contributed by atoms with E-state index >= 15 is 0 Å². The van der Waals surface area contributed by atoms with E-state index in [4.69, 9.17) is 0 Å². The van der Waals surface area contributed by atoms with E-state index in [9.17, 15) is 9.59 Å². The summed E-state index contributed by atoms with van der Waals surface area (Å²) in [6.45, 7) is 4.05. The number of nitrogens with one attached hydrogen (secondary N) is 1. The van der Waals surface area contributed by atoms with Crippen molar-refractivity contribution in [2.45, 2.75) is 19.0 Å². The average molecular weight is 420 g/mol. The van der Waals surface area contributed by atoms with Gasteiger partial charge in [-0.2, -0.15) is 0 Å². The molecule has 1 amide bonds. The summed E-state index contributed by atoms with van der Waals surface area (Å²) in [6, 6.07) is 14.9. The van der Waals surface area contributed by atoms with Crippen molar-refractivity contribution in [1.29, 1.82) is 0 Å². The lowest BCUT2D eigenvalue weighted by Crippen LogP contribution is -2.14. The van der Waals surface area contributed by atoms with Crippen LogP contribution in [0, 0.1) is 13.8 Å². The van der Waals surface area contributed by atoms with Crippen molar-refractivity contribution in [1.82, 2.24) is 14.6 Å². The third-order valence-electron chi connectivity index (χ3n) is 4.71. The van der Waals surface area contributed by atoms with Gasteiger partial charge >= 0.3 is 5.97 Å². The predicted molar refractivity (Wildman–Crippen MR) is 117 cm³/mol. The highest BCUT2D eigenvalue weighted by Crippen LogP contribution is 2.26. The van der Waals surface area contributed by atoms with E-state index in [-0.39, 0.29) is 11.7 Å². The highest BCUT2D eigenvalue weighted by atomic mass is 32.2. The maximum Gasteiger partial charge on any atom is 0.337 e. The molecule has 8 heteroatoms. The zero-order valence-corrected chi connectivity index (χ0v) is 17.6. The molecule has 0 atom stereocenters. The van der Waals surface area contributed by atoms with Crippen LogP contribution in [0.15, 0.2) is 53.7 Å². The van der Waals surface area contributed by atoms with Gasteiger partial charge in [-0.15, -0.1) is 10.2 Å². The fourth-order valence-electron chi connectivity index (χ4n) is 3.24. The second kappa shape index (κ2) is 8.16. The van der Waals surface area contributed by atoms with Gasteiger partial charge < -0.3 is 10.1 Å². The predicted octanol–water partition coefficient (Wildman–Crippen LogP) is 4.02. The number of carbonyl (C=O) groups excluding carboxylic acids is 2. The van der Waals surface area contributed by atoms with Crippen LogP contribution in [-0.4, -0.2) is 39.3 Å². The average Bonchev–Trinajstić information content (AvgIpc) is 3.18. The number of ether oxygens (including phenoxy) is 1. The highest BCUT2D eigenvalue weighted by Gasteiger charge is 2.14. The molecule has 30 heavy (non-hydrogen) atoms. The number of fused-ring (bicyclic) bond motifs is 3. The highest BCUT2D eigenvalue weighted by molar-refractivity contribution is 7.99. The SMILES string of the molecule is COC(=O)c1ccc(NC(=O)CSc2nnc3c(C)cc4ccc(C)cc4n23)cc1. The van der Waals surface area contributed by atoms with Gasteiger partial charge in [-0.3, -0.25) is 9.20 Å². The first-order valence-electron chi connectivity index (χ1n) is 9.32. The van der Waals surface area contributed by atoms with Crippen LogP contribution < -0.4 is 5.32 Å². The van der Waals surface area contributed by atoms with E-state index in [0.717, 1.165) is 27.7 Å². The lowest BCUT2D eigenvalue weighted by atomic mass is 10.1. The maximum absolute atomic E-state index is 12.4. The second-order valence-electron chi connectivity index (χ2n) is 6.94.